The first-order chi connectivity index (χ1) is 9.11. The van der Waals surface area contributed by atoms with Gasteiger partial charge in [0, 0.05) is 13.0 Å². The molecule has 1 aliphatic carbocycles. The van der Waals surface area contributed by atoms with Gasteiger partial charge in [-0.1, -0.05) is 12.1 Å². The van der Waals surface area contributed by atoms with Crippen LogP contribution in [0.1, 0.15) is 36.0 Å². The maximum atomic E-state index is 12.1. The monoisotopic (exact) mass is 261 g/mol. The van der Waals surface area contributed by atoms with Crippen molar-refractivity contribution in [3.05, 3.63) is 29.8 Å². The molecule has 0 bridgehead atoms. The number of amides is 1. The van der Waals surface area contributed by atoms with Gasteiger partial charge in [-0.25, -0.2) is 9.59 Å². The third kappa shape index (κ3) is 1.95. The molecule has 3 rings (SSSR count). The summed E-state index contributed by atoms with van der Waals surface area (Å²) >= 11 is 0. The van der Waals surface area contributed by atoms with E-state index >= 15 is 0 Å². The molecule has 1 aromatic rings. The number of ether oxygens (including phenoxy) is 1. The summed E-state index contributed by atoms with van der Waals surface area (Å²) in [5, 5.41) is 9.16. The lowest BCUT2D eigenvalue weighted by molar-refractivity contribution is -0.0610. The SMILES string of the molecule is O=C(O)c1ccccc1N1CCC2(CCC2)OC1=O. The van der Waals surface area contributed by atoms with Crippen LogP contribution in [-0.2, 0) is 4.74 Å². The van der Waals surface area contributed by atoms with Crippen molar-refractivity contribution in [2.24, 2.45) is 0 Å². The van der Waals surface area contributed by atoms with Crippen LogP contribution in [0.25, 0.3) is 0 Å². The first-order valence-electron chi connectivity index (χ1n) is 6.44. The summed E-state index contributed by atoms with van der Waals surface area (Å²) in [4.78, 5) is 24.7. The average molecular weight is 261 g/mol. The maximum Gasteiger partial charge on any atom is 0.414 e. The number of benzene rings is 1. The molecule has 1 amide bonds. The molecule has 5 nitrogen and oxygen atoms in total. The van der Waals surface area contributed by atoms with Crippen LogP contribution in [0.3, 0.4) is 0 Å². The Labute approximate surface area is 110 Å². The van der Waals surface area contributed by atoms with Crippen LogP contribution < -0.4 is 4.90 Å². The molecule has 100 valence electrons. The lowest BCUT2D eigenvalue weighted by Crippen LogP contribution is -2.53. The fourth-order valence-corrected chi connectivity index (χ4v) is 2.73. The molecule has 1 aromatic carbocycles. The maximum absolute atomic E-state index is 12.1. The van der Waals surface area contributed by atoms with Gasteiger partial charge >= 0.3 is 12.1 Å². The van der Waals surface area contributed by atoms with Crippen LogP contribution in [-0.4, -0.2) is 29.3 Å². The predicted octanol–water partition coefficient (Wildman–Crippen LogP) is 2.65. The van der Waals surface area contributed by atoms with Gasteiger partial charge in [-0.15, -0.1) is 0 Å². The standard InChI is InChI=1S/C14H15NO4/c16-12(17)10-4-1-2-5-11(10)15-9-8-14(6-3-7-14)19-13(15)18/h1-2,4-5H,3,6-9H2,(H,16,17). The van der Waals surface area contributed by atoms with E-state index in [1.165, 1.54) is 11.0 Å². The lowest BCUT2D eigenvalue weighted by Gasteiger charge is -2.46. The summed E-state index contributed by atoms with van der Waals surface area (Å²) in [6.07, 6.45) is 3.28. The van der Waals surface area contributed by atoms with Crippen molar-refractivity contribution in [2.45, 2.75) is 31.3 Å². The molecule has 1 N–H and O–H groups in total. The molecular formula is C14H15NO4. The average Bonchev–Trinajstić information content (AvgIpc) is 2.36. The van der Waals surface area contributed by atoms with Crippen LogP contribution >= 0.6 is 0 Å². The number of hydrogen-bond acceptors (Lipinski definition) is 3. The molecule has 0 radical (unpaired) electrons. The second-order valence-electron chi connectivity index (χ2n) is 5.13. The van der Waals surface area contributed by atoms with Crippen molar-refractivity contribution in [3.63, 3.8) is 0 Å². The molecule has 1 saturated carbocycles. The second kappa shape index (κ2) is 4.26. The summed E-state index contributed by atoms with van der Waals surface area (Å²) in [6, 6.07) is 6.51. The highest BCUT2D eigenvalue weighted by atomic mass is 16.6. The van der Waals surface area contributed by atoms with E-state index in [-0.39, 0.29) is 11.2 Å². The second-order valence-corrected chi connectivity index (χ2v) is 5.13. The molecule has 5 heteroatoms. The first kappa shape index (κ1) is 12.0. The molecule has 1 saturated heterocycles. The third-order valence-corrected chi connectivity index (χ3v) is 4.01. The first-order valence-corrected chi connectivity index (χ1v) is 6.44. The van der Waals surface area contributed by atoms with E-state index in [1.54, 1.807) is 18.2 Å². The van der Waals surface area contributed by atoms with Crippen LogP contribution in [0.5, 0.6) is 0 Å². The van der Waals surface area contributed by atoms with Gasteiger partial charge in [0.15, 0.2) is 0 Å². The number of carbonyl (C=O) groups is 2. The van der Waals surface area contributed by atoms with Gasteiger partial charge < -0.3 is 9.84 Å². The molecule has 0 unspecified atom stereocenters. The van der Waals surface area contributed by atoms with E-state index in [0.29, 0.717) is 12.2 Å². The number of hydrogen-bond donors (Lipinski definition) is 1. The Bertz CT molecular complexity index is 536. The highest BCUT2D eigenvalue weighted by molar-refractivity contribution is 6.00. The van der Waals surface area contributed by atoms with E-state index in [0.717, 1.165) is 25.7 Å². The van der Waals surface area contributed by atoms with Gasteiger partial charge in [0.05, 0.1) is 11.3 Å². The van der Waals surface area contributed by atoms with Crippen molar-refractivity contribution >= 4 is 17.7 Å². The normalized spacial score (nSPS) is 20.8. The van der Waals surface area contributed by atoms with Crippen molar-refractivity contribution in [2.75, 3.05) is 11.4 Å². The fraction of sp³-hybridized carbons (Fsp3) is 0.429. The Kier molecular flexibility index (Phi) is 2.69. The van der Waals surface area contributed by atoms with Crippen LogP contribution in [0, 0.1) is 0 Å². The van der Waals surface area contributed by atoms with E-state index in [4.69, 9.17) is 9.84 Å². The smallest absolute Gasteiger partial charge is 0.414 e. The Morgan fingerprint density at radius 1 is 1.26 bits per heavy atom. The molecule has 1 aliphatic heterocycles. The molecule has 2 aliphatic rings. The highest BCUT2D eigenvalue weighted by Gasteiger charge is 2.45. The van der Waals surface area contributed by atoms with Gasteiger partial charge in [0.2, 0.25) is 0 Å². The Morgan fingerprint density at radius 3 is 2.58 bits per heavy atom. The predicted molar refractivity (Wildman–Crippen MR) is 68.4 cm³/mol. The van der Waals surface area contributed by atoms with E-state index in [9.17, 15) is 9.59 Å². The van der Waals surface area contributed by atoms with Crippen molar-refractivity contribution in [3.8, 4) is 0 Å². The Morgan fingerprint density at radius 2 is 2.00 bits per heavy atom. The zero-order chi connectivity index (χ0) is 13.5. The zero-order valence-electron chi connectivity index (χ0n) is 10.5. The minimum Gasteiger partial charge on any atom is -0.478 e. The largest absolute Gasteiger partial charge is 0.478 e. The number of rotatable bonds is 2. The van der Waals surface area contributed by atoms with Gasteiger partial charge in [0.25, 0.3) is 0 Å². The number of para-hydroxylation sites is 1. The molecule has 19 heavy (non-hydrogen) atoms. The summed E-state index contributed by atoms with van der Waals surface area (Å²) < 4.78 is 5.51. The van der Waals surface area contributed by atoms with Crippen LogP contribution in [0.2, 0.25) is 0 Å². The minimum atomic E-state index is -1.03. The summed E-state index contributed by atoms with van der Waals surface area (Å²) in [5.41, 5.74) is 0.268. The number of nitrogens with zero attached hydrogens (tertiary/aromatic N) is 1. The van der Waals surface area contributed by atoms with E-state index in [2.05, 4.69) is 0 Å². The summed E-state index contributed by atoms with van der Waals surface area (Å²) in [5.74, 6) is -1.03. The Hall–Kier alpha value is -2.04. The summed E-state index contributed by atoms with van der Waals surface area (Å²) in [6.45, 7) is 0.517. The third-order valence-electron chi connectivity index (χ3n) is 4.01. The van der Waals surface area contributed by atoms with Crippen molar-refractivity contribution in [1.29, 1.82) is 0 Å². The van der Waals surface area contributed by atoms with Gasteiger partial charge in [-0.2, -0.15) is 0 Å². The highest BCUT2D eigenvalue weighted by Crippen LogP contribution is 2.42. The van der Waals surface area contributed by atoms with Crippen LogP contribution in [0.15, 0.2) is 24.3 Å². The number of carboxylic acid groups (broad SMARTS) is 1. The molecule has 1 spiro atoms. The zero-order valence-corrected chi connectivity index (χ0v) is 10.5. The van der Waals surface area contributed by atoms with Crippen molar-refractivity contribution < 1.29 is 19.4 Å². The van der Waals surface area contributed by atoms with Gasteiger partial charge in [-0.05, 0) is 31.4 Å². The number of carbonyl (C=O) groups excluding carboxylic acids is 1. The fourth-order valence-electron chi connectivity index (χ4n) is 2.73. The molecule has 2 fully saturated rings. The van der Waals surface area contributed by atoms with Gasteiger partial charge in [-0.3, -0.25) is 4.90 Å². The summed E-state index contributed by atoms with van der Waals surface area (Å²) in [7, 11) is 0. The van der Waals surface area contributed by atoms with Crippen LogP contribution in [0.4, 0.5) is 10.5 Å². The molecule has 0 atom stereocenters. The number of carboxylic acids is 1. The lowest BCUT2D eigenvalue weighted by atomic mass is 9.77. The number of aromatic carboxylic acids is 1. The van der Waals surface area contributed by atoms with E-state index in [1.807, 2.05) is 0 Å². The molecule has 0 aromatic heterocycles. The molecular weight excluding hydrogens is 246 g/mol. The number of anilines is 1. The van der Waals surface area contributed by atoms with Crippen molar-refractivity contribution in [1.82, 2.24) is 0 Å². The quantitative estimate of drug-likeness (QED) is 0.888. The minimum absolute atomic E-state index is 0.129. The molecule has 1 heterocycles. The van der Waals surface area contributed by atoms with E-state index < -0.39 is 12.1 Å². The van der Waals surface area contributed by atoms with Gasteiger partial charge in [0.1, 0.15) is 5.60 Å². The topological polar surface area (TPSA) is 66.8 Å². The Balaban J connectivity index is 1.87.